The third-order valence-electron chi connectivity index (χ3n) is 4.89. The SMILES string of the molecule is OC(Cc1ccn(C2CCCC2)n1)CC1CCCC1. The zero-order valence-electron chi connectivity index (χ0n) is 11.8. The zero-order valence-corrected chi connectivity index (χ0v) is 11.8. The van der Waals surface area contributed by atoms with Crippen LogP contribution in [0.5, 0.6) is 0 Å². The first-order chi connectivity index (χ1) is 9.31. The van der Waals surface area contributed by atoms with Crippen molar-refractivity contribution in [2.24, 2.45) is 5.92 Å². The molecular weight excluding hydrogens is 236 g/mol. The van der Waals surface area contributed by atoms with Crippen LogP contribution in [-0.2, 0) is 6.42 Å². The molecule has 0 aliphatic heterocycles. The van der Waals surface area contributed by atoms with Crippen LogP contribution in [0.1, 0.15) is 69.5 Å². The van der Waals surface area contributed by atoms with Crippen molar-refractivity contribution in [2.45, 2.75) is 76.4 Å². The second-order valence-corrected chi connectivity index (χ2v) is 6.47. The smallest absolute Gasteiger partial charge is 0.0650 e. The summed E-state index contributed by atoms with van der Waals surface area (Å²) < 4.78 is 2.13. The lowest BCUT2D eigenvalue weighted by atomic mass is 9.98. The van der Waals surface area contributed by atoms with Crippen molar-refractivity contribution in [3.63, 3.8) is 0 Å². The number of aromatic nitrogens is 2. The maximum absolute atomic E-state index is 10.2. The van der Waals surface area contributed by atoms with Crippen molar-refractivity contribution in [1.29, 1.82) is 0 Å². The molecule has 1 atom stereocenters. The van der Waals surface area contributed by atoms with E-state index in [1.807, 2.05) is 0 Å². The Kier molecular flexibility index (Phi) is 4.21. The minimum absolute atomic E-state index is 0.199. The van der Waals surface area contributed by atoms with E-state index in [0.29, 0.717) is 6.04 Å². The van der Waals surface area contributed by atoms with Crippen molar-refractivity contribution in [2.75, 3.05) is 0 Å². The van der Waals surface area contributed by atoms with Gasteiger partial charge in [0.1, 0.15) is 0 Å². The molecule has 2 saturated carbocycles. The van der Waals surface area contributed by atoms with Crippen LogP contribution in [0.25, 0.3) is 0 Å². The Hall–Kier alpha value is -0.830. The first-order valence-electron chi connectivity index (χ1n) is 8.03. The molecule has 2 fully saturated rings. The average molecular weight is 262 g/mol. The summed E-state index contributed by atoms with van der Waals surface area (Å²) in [6, 6.07) is 2.71. The van der Waals surface area contributed by atoms with Gasteiger partial charge in [-0.3, -0.25) is 4.68 Å². The van der Waals surface area contributed by atoms with Crippen LogP contribution in [0.4, 0.5) is 0 Å². The molecule has 19 heavy (non-hydrogen) atoms. The number of rotatable bonds is 5. The van der Waals surface area contributed by atoms with Crippen molar-refractivity contribution in [3.8, 4) is 0 Å². The fourth-order valence-electron chi connectivity index (χ4n) is 3.81. The van der Waals surface area contributed by atoms with Gasteiger partial charge in [0, 0.05) is 12.6 Å². The molecule has 1 aromatic heterocycles. The Balaban J connectivity index is 1.51. The summed E-state index contributed by atoms with van der Waals surface area (Å²) in [5.41, 5.74) is 1.07. The van der Waals surface area contributed by atoms with E-state index in [9.17, 15) is 5.11 Å². The van der Waals surface area contributed by atoms with Crippen LogP contribution in [0.3, 0.4) is 0 Å². The van der Waals surface area contributed by atoms with Crippen LogP contribution in [-0.4, -0.2) is 21.0 Å². The fourth-order valence-corrected chi connectivity index (χ4v) is 3.81. The van der Waals surface area contributed by atoms with Gasteiger partial charge in [-0.1, -0.05) is 38.5 Å². The lowest BCUT2D eigenvalue weighted by molar-refractivity contribution is 0.142. The second-order valence-electron chi connectivity index (χ2n) is 6.47. The van der Waals surface area contributed by atoms with Gasteiger partial charge in [0.25, 0.3) is 0 Å². The van der Waals surface area contributed by atoms with Gasteiger partial charge >= 0.3 is 0 Å². The van der Waals surface area contributed by atoms with E-state index in [1.54, 1.807) is 0 Å². The van der Waals surface area contributed by atoms with Gasteiger partial charge in [0.05, 0.1) is 17.8 Å². The van der Waals surface area contributed by atoms with E-state index in [0.717, 1.165) is 24.5 Å². The van der Waals surface area contributed by atoms with Crippen LogP contribution in [0, 0.1) is 5.92 Å². The zero-order chi connectivity index (χ0) is 13.1. The Morgan fingerprint density at radius 3 is 2.58 bits per heavy atom. The van der Waals surface area contributed by atoms with Gasteiger partial charge in [-0.15, -0.1) is 0 Å². The first-order valence-corrected chi connectivity index (χ1v) is 8.03. The first kappa shape index (κ1) is 13.2. The molecule has 2 aliphatic rings. The quantitative estimate of drug-likeness (QED) is 0.882. The largest absolute Gasteiger partial charge is 0.393 e. The molecule has 0 saturated heterocycles. The fraction of sp³-hybridized carbons (Fsp3) is 0.812. The van der Waals surface area contributed by atoms with Gasteiger partial charge in [-0.25, -0.2) is 0 Å². The van der Waals surface area contributed by atoms with Gasteiger partial charge in [0.2, 0.25) is 0 Å². The van der Waals surface area contributed by atoms with E-state index >= 15 is 0 Å². The van der Waals surface area contributed by atoms with Crippen LogP contribution in [0.2, 0.25) is 0 Å². The lowest BCUT2D eigenvalue weighted by Crippen LogP contribution is -2.15. The summed E-state index contributed by atoms with van der Waals surface area (Å²) >= 11 is 0. The Labute approximate surface area is 116 Å². The molecule has 2 aliphatic carbocycles. The van der Waals surface area contributed by atoms with Crippen molar-refractivity contribution in [3.05, 3.63) is 18.0 Å². The molecule has 0 bridgehead atoms. The van der Waals surface area contributed by atoms with Crippen molar-refractivity contribution < 1.29 is 5.11 Å². The predicted molar refractivity (Wildman–Crippen MR) is 76.0 cm³/mol. The normalized spacial score (nSPS) is 23.2. The third kappa shape index (κ3) is 3.38. The molecule has 3 heteroatoms. The minimum atomic E-state index is -0.199. The highest BCUT2D eigenvalue weighted by Gasteiger charge is 2.21. The monoisotopic (exact) mass is 262 g/mol. The van der Waals surface area contributed by atoms with Crippen LogP contribution in [0.15, 0.2) is 12.3 Å². The maximum Gasteiger partial charge on any atom is 0.0650 e. The topological polar surface area (TPSA) is 38.0 Å². The summed E-state index contributed by atoms with van der Waals surface area (Å²) in [4.78, 5) is 0. The molecule has 3 rings (SSSR count). The van der Waals surface area contributed by atoms with Crippen LogP contribution < -0.4 is 0 Å². The molecule has 1 heterocycles. The number of hydrogen-bond acceptors (Lipinski definition) is 2. The molecule has 1 aromatic rings. The van der Waals surface area contributed by atoms with E-state index in [-0.39, 0.29) is 6.10 Å². The standard InChI is InChI=1S/C16H26N2O/c19-16(11-13-5-1-2-6-13)12-14-9-10-18(17-14)15-7-3-4-8-15/h9-10,13,15-16,19H,1-8,11-12H2. The molecule has 1 N–H and O–H groups in total. The van der Waals surface area contributed by atoms with E-state index in [1.165, 1.54) is 51.4 Å². The number of aliphatic hydroxyl groups excluding tert-OH is 1. The summed E-state index contributed by atoms with van der Waals surface area (Å²) in [5, 5.41) is 14.9. The average Bonchev–Trinajstić information content (AvgIpc) is 3.09. The Bertz CT molecular complexity index is 389. The molecule has 3 nitrogen and oxygen atoms in total. The Morgan fingerprint density at radius 1 is 1.16 bits per heavy atom. The molecule has 0 spiro atoms. The minimum Gasteiger partial charge on any atom is -0.393 e. The van der Waals surface area contributed by atoms with Crippen molar-refractivity contribution >= 4 is 0 Å². The van der Waals surface area contributed by atoms with E-state index < -0.39 is 0 Å². The van der Waals surface area contributed by atoms with Gasteiger partial charge in [0.15, 0.2) is 0 Å². The molecule has 0 amide bonds. The molecule has 1 unspecified atom stereocenters. The summed E-state index contributed by atoms with van der Waals surface area (Å²) in [5.74, 6) is 0.756. The number of aliphatic hydroxyl groups is 1. The highest BCUT2D eigenvalue weighted by molar-refractivity contribution is 5.02. The molecule has 106 valence electrons. The van der Waals surface area contributed by atoms with Crippen molar-refractivity contribution in [1.82, 2.24) is 9.78 Å². The second kappa shape index (κ2) is 6.08. The highest BCUT2D eigenvalue weighted by atomic mass is 16.3. The Morgan fingerprint density at radius 2 is 1.84 bits per heavy atom. The van der Waals surface area contributed by atoms with Gasteiger partial charge < -0.3 is 5.11 Å². The number of nitrogens with zero attached hydrogens (tertiary/aromatic N) is 2. The maximum atomic E-state index is 10.2. The summed E-state index contributed by atoms with van der Waals surface area (Å²) in [6.45, 7) is 0. The van der Waals surface area contributed by atoms with Gasteiger partial charge in [-0.05, 0) is 31.2 Å². The lowest BCUT2D eigenvalue weighted by Gasteiger charge is -2.14. The third-order valence-corrected chi connectivity index (χ3v) is 4.89. The predicted octanol–water partition coefficient (Wildman–Crippen LogP) is 3.48. The molecule has 0 radical (unpaired) electrons. The molecule has 0 aromatic carbocycles. The highest BCUT2D eigenvalue weighted by Crippen LogP contribution is 2.30. The summed E-state index contributed by atoms with van der Waals surface area (Å²) in [6.07, 6.45) is 14.2. The van der Waals surface area contributed by atoms with E-state index in [4.69, 9.17) is 0 Å². The van der Waals surface area contributed by atoms with Crippen LogP contribution >= 0.6 is 0 Å². The number of hydrogen-bond donors (Lipinski definition) is 1. The molecular formula is C16H26N2O. The summed E-state index contributed by atoms with van der Waals surface area (Å²) in [7, 11) is 0. The van der Waals surface area contributed by atoms with Gasteiger partial charge in [-0.2, -0.15) is 5.10 Å². The van der Waals surface area contributed by atoms with E-state index in [2.05, 4.69) is 22.0 Å².